The highest BCUT2D eigenvalue weighted by Gasteiger charge is 2.36. The van der Waals surface area contributed by atoms with Crippen LogP contribution in [0.3, 0.4) is 0 Å². The zero-order valence-electron chi connectivity index (χ0n) is 12.6. The molecule has 0 aromatic carbocycles. The van der Waals surface area contributed by atoms with Crippen molar-refractivity contribution in [2.24, 2.45) is 23.7 Å². The molecule has 0 aromatic heterocycles. The van der Waals surface area contributed by atoms with Crippen molar-refractivity contribution in [2.75, 3.05) is 19.7 Å². The minimum atomic E-state index is 0.209. The molecule has 0 spiro atoms. The normalized spacial score (nSPS) is 37.2. The summed E-state index contributed by atoms with van der Waals surface area (Å²) in [5.74, 6) is 2.61. The first-order chi connectivity index (χ1) is 9.02. The van der Waals surface area contributed by atoms with Crippen LogP contribution < -0.4 is 0 Å². The highest BCUT2D eigenvalue weighted by molar-refractivity contribution is 5.82. The molecule has 0 radical (unpaired) electrons. The Hall–Kier alpha value is -0.410. The molecule has 1 saturated heterocycles. The first-order valence-electron chi connectivity index (χ1n) is 7.90. The van der Waals surface area contributed by atoms with Crippen LogP contribution in [0.4, 0.5) is 0 Å². The van der Waals surface area contributed by atoms with E-state index in [0.717, 1.165) is 38.8 Å². The van der Waals surface area contributed by atoms with Crippen LogP contribution in [-0.4, -0.2) is 41.5 Å². The molecule has 1 N–H and O–H groups in total. The average Bonchev–Trinajstić information content (AvgIpc) is 2.72. The molecule has 4 unspecified atom stereocenters. The standard InChI is InChI=1S/C16H29NO2/c1-11(2)13-4-5-16(19)14(8-13)9-17-7-6-12(3)15(17)10-18/h11-15,18H,4-10H2,1-3H3. The number of Topliss-reactive ketones (excluding diaryl/α,β-unsaturated/α-hetero) is 1. The molecule has 0 amide bonds. The molecule has 3 nitrogen and oxygen atoms in total. The molecule has 1 aliphatic carbocycles. The largest absolute Gasteiger partial charge is 0.395 e. The number of carbonyl (C=O) groups excluding carboxylic acids is 1. The average molecular weight is 267 g/mol. The van der Waals surface area contributed by atoms with Gasteiger partial charge < -0.3 is 5.11 Å². The van der Waals surface area contributed by atoms with E-state index in [1.54, 1.807) is 0 Å². The zero-order valence-corrected chi connectivity index (χ0v) is 12.6. The Kier molecular flexibility index (Phi) is 5.02. The molecule has 1 heterocycles. The molecule has 2 fully saturated rings. The number of nitrogens with zero attached hydrogens (tertiary/aromatic N) is 1. The van der Waals surface area contributed by atoms with E-state index in [4.69, 9.17) is 0 Å². The second-order valence-electron chi connectivity index (χ2n) is 6.95. The molecule has 2 aliphatic rings. The van der Waals surface area contributed by atoms with E-state index in [0.29, 0.717) is 23.5 Å². The topological polar surface area (TPSA) is 40.5 Å². The van der Waals surface area contributed by atoms with Gasteiger partial charge in [0.25, 0.3) is 0 Å². The molecule has 1 saturated carbocycles. The smallest absolute Gasteiger partial charge is 0.137 e. The van der Waals surface area contributed by atoms with Gasteiger partial charge in [-0.15, -0.1) is 0 Å². The van der Waals surface area contributed by atoms with Gasteiger partial charge in [-0.05, 0) is 43.6 Å². The summed E-state index contributed by atoms with van der Waals surface area (Å²) in [6, 6.07) is 0.271. The van der Waals surface area contributed by atoms with Crippen molar-refractivity contribution in [3.05, 3.63) is 0 Å². The van der Waals surface area contributed by atoms with Crippen LogP contribution in [0.1, 0.15) is 46.5 Å². The lowest BCUT2D eigenvalue weighted by molar-refractivity contribution is -0.127. The molecular formula is C16H29NO2. The lowest BCUT2D eigenvalue weighted by Crippen LogP contribution is -2.42. The fourth-order valence-electron chi connectivity index (χ4n) is 3.82. The molecule has 3 heteroatoms. The van der Waals surface area contributed by atoms with Crippen molar-refractivity contribution < 1.29 is 9.90 Å². The number of aliphatic hydroxyl groups is 1. The van der Waals surface area contributed by atoms with Crippen molar-refractivity contribution in [3.8, 4) is 0 Å². The van der Waals surface area contributed by atoms with E-state index < -0.39 is 0 Å². The molecule has 1 aliphatic heterocycles. The minimum absolute atomic E-state index is 0.209. The van der Waals surface area contributed by atoms with E-state index in [1.165, 1.54) is 0 Å². The Morgan fingerprint density at radius 1 is 1.37 bits per heavy atom. The van der Waals surface area contributed by atoms with Crippen molar-refractivity contribution in [2.45, 2.75) is 52.5 Å². The molecule has 19 heavy (non-hydrogen) atoms. The summed E-state index contributed by atoms with van der Waals surface area (Å²) in [4.78, 5) is 14.5. The summed E-state index contributed by atoms with van der Waals surface area (Å²) in [5, 5.41) is 9.52. The highest BCUT2D eigenvalue weighted by atomic mass is 16.3. The second-order valence-corrected chi connectivity index (χ2v) is 6.95. The van der Waals surface area contributed by atoms with Gasteiger partial charge in [-0.3, -0.25) is 9.69 Å². The van der Waals surface area contributed by atoms with Gasteiger partial charge in [-0.1, -0.05) is 20.8 Å². The van der Waals surface area contributed by atoms with Gasteiger partial charge in [0.15, 0.2) is 0 Å². The Morgan fingerprint density at radius 3 is 2.74 bits per heavy atom. The molecule has 4 atom stereocenters. The third-order valence-corrected chi connectivity index (χ3v) is 5.39. The van der Waals surface area contributed by atoms with Crippen molar-refractivity contribution in [1.82, 2.24) is 4.90 Å². The maximum Gasteiger partial charge on any atom is 0.137 e. The van der Waals surface area contributed by atoms with Crippen molar-refractivity contribution >= 4 is 5.78 Å². The lowest BCUT2D eigenvalue weighted by atomic mass is 9.75. The van der Waals surface area contributed by atoms with E-state index in [9.17, 15) is 9.90 Å². The van der Waals surface area contributed by atoms with Gasteiger partial charge in [0.1, 0.15) is 5.78 Å². The fourth-order valence-corrected chi connectivity index (χ4v) is 3.82. The molecule has 0 bridgehead atoms. The van der Waals surface area contributed by atoms with Crippen LogP contribution in [0.15, 0.2) is 0 Å². The molecule has 0 aromatic rings. The Balaban J connectivity index is 1.95. The summed E-state index contributed by atoms with van der Waals surface area (Å²) in [6.45, 7) is 8.90. The Morgan fingerprint density at radius 2 is 2.11 bits per heavy atom. The predicted molar refractivity (Wildman–Crippen MR) is 76.9 cm³/mol. The fraction of sp³-hybridized carbons (Fsp3) is 0.938. The number of hydrogen-bond donors (Lipinski definition) is 1. The lowest BCUT2D eigenvalue weighted by Gasteiger charge is -2.34. The number of aliphatic hydroxyl groups excluding tert-OH is 1. The summed E-state index contributed by atoms with van der Waals surface area (Å²) >= 11 is 0. The Labute approximate surface area is 117 Å². The van der Waals surface area contributed by atoms with Crippen molar-refractivity contribution in [1.29, 1.82) is 0 Å². The summed E-state index contributed by atoms with van der Waals surface area (Å²) in [5.41, 5.74) is 0. The predicted octanol–water partition coefficient (Wildman–Crippen LogP) is 2.33. The monoisotopic (exact) mass is 267 g/mol. The van der Waals surface area contributed by atoms with E-state index in [-0.39, 0.29) is 18.6 Å². The summed E-state index contributed by atoms with van der Waals surface area (Å²) in [6.07, 6.45) is 4.05. The zero-order chi connectivity index (χ0) is 14.0. The van der Waals surface area contributed by atoms with Crippen LogP contribution in [0.2, 0.25) is 0 Å². The quantitative estimate of drug-likeness (QED) is 0.850. The van der Waals surface area contributed by atoms with E-state index in [1.807, 2.05) is 0 Å². The van der Waals surface area contributed by atoms with E-state index in [2.05, 4.69) is 25.7 Å². The van der Waals surface area contributed by atoms with Gasteiger partial charge in [0.2, 0.25) is 0 Å². The Bertz CT molecular complexity index is 316. The number of rotatable bonds is 4. The van der Waals surface area contributed by atoms with Gasteiger partial charge in [-0.25, -0.2) is 0 Å². The minimum Gasteiger partial charge on any atom is -0.395 e. The van der Waals surface area contributed by atoms with Gasteiger partial charge in [-0.2, -0.15) is 0 Å². The number of carbonyl (C=O) groups is 1. The number of likely N-dealkylation sites (tertiary alicyclic amines) is 1. The van der Waals surface area contributed by atoms with Crippen molar-refractivity contribution in [3.63, 3.8) is 0 Å². The van der Waals surface area contributed by atoms with Gasteiger partial charge in [0, 0.05) is 24.9 Å². The van der Waals surface area contributed by atoms with Crippen LogP contribution in [0.25, 0.3) is 0 Å². The highest BCUT2D eigenvalue weighted by Crippen LogP contribution is 2.34. The first-order valence-corrected chi connectivity index (χ1v) is 7.90. The van der Waals surface area contributed by atoms with Crippen LogP contribution >= 0.6 is 0 Å². The summed E-state index contributed by atoms with van der Waals surface area (Å²) in [7, 11) is 0. The SMILES string of the molecule is CC(C)C1CCC(=O)C(CN2CCC(C)C2CO)C1. The molecule has 110 valence electrons. The summed E-state index contributed by atoms with van der Waals surface area (Å²) < 4.78 is 0. The van der Waals surface area contributed by atoms with Gasteiger partial charge >= 0.3 is 0 Å². The van der Waals surface area contributed by atoms with Crippen LogP contribution in [0, 0.1) is 23.7 Å². The van der Waals surface area contributed by atoms with Crippen LogP contribution in [0.5, 0.6) is 0 Å². The second kappa shape index (κ2) is 6.36. The van der Waals surface area contributed by atoms with Gasteiger partial charge in [0.05, 0.1) is 6.61 Å². The number of ketones is 1. The maximum absolute atomic E-state index is 12.1. The third-order valence-electron chi connectivity index (χ3n) is 5.39. The molecule has 2 rings (SSSR count). The van der Waals surface area contributed by atoms with E-state index >= 15 is 0 Å². The van der Waals surface area contributed by atoms with Crippen LogP contribution in [-0.2, 0) is 4.79 Å². The third kappa shape index (κ3) is 3.38. The number of hydrogen-bond acceptors (Lipinski definition) is 3. The first kappa shape index (κ1) is 15.0. The molecular weight excluding hydrogens is 238 g/mol. The maximum atomic E-state index is 12.1.